The minimum absolute atomic E-state index is 0.369. The van der Waals surface area contributed by atoms with Crippen molar-refractivity contribution in [1.29, 1.82) is 0 Å². The van der Waals surface area contributed by atoms with E-state index >= 15 is 0 Å². The highest BCUT2D eigenvalue weighted by atomic mass is 16.5. The van der Waals surface area contributed by atoms with Crippen molar-refractivity contribution >= 4 is 11.7 Å². The molecular formula is C7H9N5O. The number of aromatic nitrogens is 3. The number of methoxy groups -OCH3 is 1. The Bertz CT molecular complexity index is 350. The maximum absolute atomic E-state index is 5.13. The predicted octanol–water partition coefficient (Wildman–Crippen LogP) is 0.360. The second kappa shape index (κ2) is 3.06. The van der Waals surface area contributed by atoms with Crippen LogP contribution < -0.4 is 5.32 Å². The fourth-order valence-electron chi connectivity index (χ4n) is 1.16. The van der Waals surface area contributed by atoms with Crippen LogP contribution in [0.1, 0.15) is 18.8 Å². The van der Waals surface area contributed by atoms with Gasteiger partial charge in [-0.05, 0) is 6.92 Å². The molecular weight excluding hydrogens is 170 g/mol. The number of nitrogens with one attached hydrogen (secondary N) is 1. The maximum Gasteiger partial charge on any atom is 0.196 e. The molecule has 0 bridgehead atoms. The largest absolute Gasteiger partial charge is 0.354 e. The molecule has 1 aliphatic heterocycles. The lowest BCUT2D eigenvalue weighted by molar-refractivity contribution is 0.107. The van der Waals surface area contributed by atoms with Gasteiger partial charge in [-0.2, -0.15) is 0 Å². The second-order valence-corrected chi connectivity index (χ2v) is 2.62. The third-order valence-corrected chi connectivity index (χ3v) is 1.72. The van der Waals surface area contributed by atoms with Crippen molar-refractivity contribution < 1.29 is 4.74 Å². The summed E-state index contributed by atoms with van der Waals surface area (Å²) < 4.78 is 5.13. The van der Waals surface area contributed by atoms with Gasteiger partial charge in [0.15, 0.2) is 12.0 Å². The highest BCUT2D eigenvalue weighted by molar-refractivity contribution is 5.94. The highest BCUT2D eigenvalue weighted by Crippen LogP contribution is 2.25. The van der Waals surface area contributed by atoms with E-state index in [0.717, 1.165) is 5.84 Å². The van der Waals surface area contributed by atoms with Gasteiger partial charge in [0.25, 0.3) is 0 Å². The summed E-state index contributed by atoms with van der Waals surface area (Å²) in [6, 6.07) is 0. The van der Waals surface area contributed by atoms with Crippen LogP contribution in [0.15, 0.2) is 11.3 Å². The number of aliphatic imine (C=N–C) groups is 1. The normalized spacial score (nSPS) is 20.2. The zero-order valence-electron chi connectivity index (χ0n) is 7.35. The van der Waals surface area contributed by atoms with Crippen molar-refractivity contribution in [2.45, 2.75) is 13.2 Å². The summed E-state index contributed by atoms with van der Waals surface area (Å²) in [5.41, 5.74) is 0.670. The molecule has 0 spiro atoms. The summed E-state index contributed by atoms with van der Waals surface area (Å²) in [6.07, 6.45) is 1.01. The summed E-state index contributed by atoms with van der Waals surface area (Å²) in [5.74, 6) is 1.36. The van der Waals surface area contributed by atoms with E-state index in [-0.39, 0.29) is 6.23 Å². The van der Waals surface area contributed by atoms with Gasteiger partial charge in [-0.3, -0.25) is 0 Å². The van der Waals surface area contributed by atoms with Crippen LogP contribution in [0.25, 0.3) is 0 Å². The molecule has 13 heavy (non-hydrogen) atoms. The van der Waals surface area contributed by atoms with Crippen LogP contribution in [0, 0.1) is 0 Å². The summed E-state index contributed by atoms with van der Waals surface area (Å²) in [7, 11) is 1.58. The van der Waals surface area contributed by atoms with Crippen molar-refractivity contribution in [3.8, 4) is 0 Å². The number of hydrogen-bond donors (Lipinski definition) is 1. The molecule has 0 fully saturated rings. The van der Waals surface area contributed by atoms with E-state index in [1.165, 1.54) is 6.33 Å². The minimum atomic E-state index is -0.369. The molecule has 0 radical (unpaired) electrons. The molecule has 0 saturated heterocycles. The summed E-state index contributed by atoms with van der Waals surface area (Å²) in [5, 5.41) is 10.5. The average molecular weight is 179 g/mol. The van der Waals surface area contributed by atoms with Crippen LogP contribution in [0.5, 0.6) is 0 Å². The Balaban J connectivity index is 2.44. The summed E-state index contributed by atoms with van der Waals surface area (Å²) in [6.45, 7) is 1.84. The maximum atomic E-state index is 5.13. The molecule has 0 amide bonds. The van der Waals surface area contributed by atoms with Crippen molar-refractivity contribution in [2.24, 2.45) is 4.99 Å². The monoisotopic (exact) mass is 179 g/mol. The number of hydrogen-bond acceptors (Lipinski definition) is 6. The van der Waals surface area contributed by atoms with Gasteiger partial charge in [0, 0.05) is 7.11 Å². The van der Waals surface area contributed by atoms with Gasteiger partial charge in [-0.1, -0.05) is 0 Å². The Kier molecular flexibility index (Phi) is 1.90. The first-order valence-electron chi connectivity index (χ1n) is 3.83. The SMILES string of the molecule is COC1N=C(C)Nc2nncnc21. The van der Waals surface area contributed by atoms with Crippen molar-refractivity contribution in [1.82, 2.24) is 15.2 Å². The smallest absolute Gasteiger partial charge is 0.196 e. The van der Waals surface area contributed by atoms with Crippen molar-refractivity contribution in [2.75, 3.05) is 12.4 Å². The third kappa shape index (κ3) is 1.35. The lowest BCUT2D eigenvalue weighted by Crippen LogP contribution is -2.21. The highest BCUT2D eigenvalue weighted by Gasteiger charge is 2.21. The van der Waals surface area contributed by atoms with E-state index < -0.39 is 0 Å². The molecule has 1 N–H and O–H groups in total. The van der Waals surface area contributed by atoms with E-state index in [0.29, 0.717) is 11.5 Å². The Morgan fingerprint density at radius 2 is 2.38 bits per heavy atom. The Morgan fingerprint density at radius 3 is 3.15 bits per heavy atom. The summed E-state index contributed by atoms with van der Waals surface area (Å²) in [4.78, 5) is 8.23. The van der Waals surface area contributed by atoms with Gasteiger partial charge in [0.05, 0.1) is 0 Å². The molecule has 68 valence electrons. The molecule has 0 aliphatic carbocycles. The molecule has 6 nitrogen and oxygen atoms in total. The molecule has 1 aliphatic rings. The number of amidine groups is 1. The van der Waals surface area contributed by atoms with Gasteiger partial charge < -0.3 is 10.1 Å². The fourth-order valence-corrected chi connectivity index (χ4v) is 1.16. The molecule has 1 aromatic rings. The van der Waals surface area contributed by atoms with Gasteiger partial charge in [0.1, 0.15) is 17.9 Å². The van der Waals surface area contributed by atoms with Gasteiger partial charge in [0.2, 0.25) is 0 Å². The summed E-state index contributed by atoms with van der Waals surface area (Å²) >= 11 is 0. The standard InChI is InChI=1S/C7H9N5O/c1-4-10-6-5(7(11-4)13-2)8-3-9-12-6/h3,7H,1-2H3,(H,10,11,12). The van der Waals surface area contributed by atoms with Crippen molar-refractivity contribution in [3.63, 3.8) is 0 Å². The lowest BCUT2D eigenvalue weighted by Gasteiger charge is -2.19. The van der Waals surface area contributed by atoms with Gasteiger partial charge in [-0.15, -0.1) is 10.2 Å². The molecule has 1 aromatic heterocycles. The number of ether oxygens (including phenoxy) is 1. The first-order chi connectivity index (χ1) is 6.31. The Labute approximate surface area is 75.1 Å². The first kappa shape index (κ1) is 8.06. The van der Waals surface area contributed by atoms with Crippen molar-refractivity contribution in [3.05, 3.63) is 12.0 Å². The third-order valence-electron chi connectivity index (χ3n) is 1.72. The number of rotatable bonds is 1. The topological polar surface area (TPSA) is 72.3 Å². The predicted molar refractivity (Wildman–Crippen MR) is 46.3 cm³/mol. The molecule has 1 unspecified atom stereocenters. The molecule has 2 rings (SSSR count). The zero-order valence-corrected chi connectivity index (χ0v) is 7.35. The lowest BCUT2D eigenvalue weighted by atomic mass is 10.3. The van der Waals surface area contributed by atoms with Crippen LogP contribution in [0.4, 0.5) is 5.82 Å². The minimum Gasteiger partial charge on any atom is -0.354 e. The Hall–Kier alpha value is -1.56. The van der Waals surface area contributed by atoms with Crippen LogP contribution >= 0.6 is 0 Å². The van der Waals surface area contributed by atoms with Gasteiger partial charge >= 0.3 is 0 Å². The van der Waals surface area contributed by atoms with E-state index in [1.807, 2.05) is 6.92 Å². The number of fused-ring (bicyclic) bond motifs is 1. The van der Waals surface area contributed by atoms with E-state index in [2.05, 4.69) is 25.5 Å². The number of anilines is 1. The number of nitrogens with zero attached hydrogens (tertiary/aromatic N) is 4. The van der Waals surface area contributed by atoms with E-state index in [4.69, 9.17) is 4.74 Å². The van der Waals surface area contributed by atoms with E-state index in [1.54, 1.807) is 7.11 Å². The van der Waals surface area contributed by atoms with Crippen LogP contribution in [0.3, 0.4) is 0 Å². The van der Waals surface area contributed by atoms with E-state index in [9.17, 15) is 0 Å². The molecule has 6 heteroatoms. The van der Waals surface area contributed by atoms with Gasteiger partial charge in [-0.25, -0.2) is 9.98 Å². The quantitative estimate of drug-likeness (QED) is 0.673. The van der Waals surface area contributed by atoms with Crippen LogP contribution in [-0.2, 0) is 4.74 Å². The molecule has 0 aromatic carbocycles. The zero-order chi connectivity index (χ0) is 9.26. The fraction of sp³-hybridized carbons (Fsp3) is 0.429. The first-order valence-corrected chi connectivity index (χ1v) is 3.83. The van der Waals surface area contributed by atoms with Crippen LogP contribution in [0.2, 0.25) is 0 Å². The Morgan fingerprint density at radius 1 is 1.54 bits per heavy atom. The second-order valence-electron chi connectivity index (χ2n) is 2.62. The molecule has 0 saturated carbocycles. The molecule has 1 atom stereocenters. The molecule has 2 heterocycles. The van der Waals surface area contributed by atoms with Crippen LogP contribution in [-0.4, -0.2) is 28.1 Å². The average Bonchev–Trinajstić information content (AvgIpc) is 2.16.